The maximum atomic E-state index is 12.2. The van der Waals surface area contributed by atoms with E-state index in [-0.39, 0.29) is 18.4 Å². The Morgan fingerprint density at radius 1 is 1.40 bits per heavy atom. The van der Waals surface area contributed by atoms with E-state index in [1.54, 1.807) is 11.9 Å². The lowest BCUT2D eigenvalue weighted by atomic mass is 10.3. The summed E-state index contributed by atoms with van der Waals surface area (Å²) in [5.74, 6) is -0.346. The Balaban J connectivity index is 1.97. The SMILES string of the molecule is CN(CC(=O)N1CCNCC1)C(=O)c1cc(Cl)sc1Cl. The van der Waals surface area contributed by atoms with Crippen molar-refractivity contribution >= 4 is 46.4 Å². The second-order valence-electron chi connectivity index (χ2n) is 4.53. The van der Waals surface area contributed by atoms with Gasteiger partial charge in [0.05, 0.1) is 16.4 Å². The standard InChI is InChI=1S/C12H15Cl2N3O2S/c1-16(7-10(18)17-4-2-15-3-5-17)12(19)8-6-9(13)20-11(8)14/h6,15H,2-5,7H2,1H3. The van der Waals surface area contributed by atoms with Crippen LogP contribution in [-0.4, -0.2) is 61.4 Å². The first-order valence-corrected chi connectivity index (χ1v) is 7.75. The van der Waals surface area contributed by atoms with E-state index in [2.05, 4.69) is 5.32 Å². The van der Waals surface area contributed by atoms with Crippen LogP contribution < -0.4 is 5.32 Å². The van der Waals surface area contributed by atoms with Gasteiger partial charge < -0.3 is 15.1 Å². The first-order chi connectivity index (χ1) is 9.49. The first kappa shape index (κ1) is 15.6. The Bertz CT molecular complexity index is 515. The smallest absolute Gasteiger partial charge is 0.256 e. The van der Waals surface area contributed by atoms with Crippen molar-refractivity contribution in [3.8, 4) is 0 Å². The van der Waals surface area contributed by atoms with Gasteiger partial charge in [0.1, 0.15) is 4.34 Å². The van der Waals surface area contributed by atoms with Gasteiger partial charge >= 0.3 is 0 Å². The molecule has 2 rings (SSSR count). The summed E-state index contributed by atoms with van der Waals surface area (Å²) in [5.41, 5.74) is 0.345. The van der Waals surface area contributed by atoms with Crippen LogP contribution in [0.15, 0.2) is 6.07 Å². The summed E-state index contributed by atoms with van der Waals surface area (Å²) in [7, 11) is 1.59. The Morgan fingerprint density at radius 3 is 2.60 bits per heavy atom. The van der Waals surface area contributed by atoms with Gasteiger partial charge in [0, 0.05) is 33.2 Å². The van der Waals surface area contributed by atoms with Crippen LogP contribution in [0.3, 0.4) is 0 Å². The fourth-order valence-electron chi connectivity index (χ4n) is 1.98. The summed E-state index contributed by atoms with van der Waals surface area (Å²) in [4.78, 5) is 27.4. The molecule has 0 aliphatic carbocycles. The van der Waals surface area contributed by atoms with Crippen LogP contribution in [0.5, 0.6) is 0 Å². The number of carbonyl (C=O) groups is 2. The highest BCUT2D eigenvalue weighted by molar-refractivity contribution is 7.20. The van der Waals surface area contributed by atoms with Crippen molar-refractivity contribution in [2.75, 3.05) is 39.8 Å². The number of hydrogen-bond donors (Lipinski definition) is 1. The quantitative estimate of drug-likeness (QED) is 0.911. The van der Waals surface area contributed by atoms with Crippen LogP contribution in [-0.2, 0) is 4.79 Å². The van der Waals surface area contributed by atoms with Crippen molar-refractivity contribution in [3.05, 3.63) is 20.3 Å². The van der Waals surface area contributed by atoms with Crippen molar-refractivity contribution in [1.29, 1.82) is 0 Å². The molecule has 2 heterocycles. The van der Waals surface area contributed by atoms with Crippen molar-refractivity contribution in [1.82, 2.24) is 15.1 Å². The Labute approximate surface area is 131 Å². The van der Waals surface area contributed by atoms with Crippen molar-refractivity contribution < 1.29 is 9.59 Å². The van der Waals surface area contributed by atoms with Gasteiger partial charge in [-0.2, -0.15) is 0 Å². The van der Waals surface area contributed by atoms with Crippen LogP contribution in [0.1, 0.15) is 10.4 Å². The fourth-order valence-corrected chi connectivity index (χ4v) is 3.43. The van der Waals surface area contributed by atoms with E-state index in [0.717, 1.165) is 24.4 Å². The predicted octanol–water partition coefficient (Wildman–Crippen LogP) is 1.56. The topological polar surface area (TPSA) is 52.7 Å². The molecule has 0 radical (unpaired) electrons. The molecular formula is C12H15Cl2N3O2S. The monoisotopic (exact) mass is 335 g/mol. The van der Waals surface area contributed by atoms with Crippen LogP contribution in [0.2, 0.25) is 8.67 Å². The lowest BCUT2D eigenvalue weighted by Gasteiger charge is -2.29. The highest BCUT2D eigenvalue weighted by Crippen LogP contribution is 2.31. The molecular weight excluding hydrogens is 321 g/mol. The molecule has 0 aromatic carbocycles. The zero-order chi connectivity index (χ0) is 14.7. The van der Waals surface area contributed by atoms with Gasteiger partial charge in [0.2, 0.25) is 5.91 Å². The zero-order valence-electron chi connectivity index (χ0n) is 11.0. The third kappa shape index (κ3) is 3.63. The molecule has 1 aromatic heterocycles. The Morgan fingerprint density at radius 2 is 2.05 bits per heavy atom. The summed E-state index contributed by atoms with van der Waals surface area (Å²) in [6.07, 6.45) is 0. The van der Waals surface area contributed by atoms with E-state index in [1.165, 1.54) is 11.0 Å². The molecule has 1 aliphatic heterocycles. The third-order valence-electron chi connectivity index (χ3n) is 3.08. The number of amides is 2. The molecule has 0 saturated carbocycles. The van der Waals surface area contributed by atoms with Crippen LogP contribution in [0.4, 0.5) is 0 Å². The summed E-state index contributed by atoms with van der Waals surface area (Å²) in [6, 6.07) is 1.53. The van der Waals surface area contributed by atoms with Gasteiger partial charge in [-0.15, -0.1) is 11.3 Å². The lowest BCUT2D eigenvalue weighted by molar-refractivity contribution is -0.132. The molecule has 0 atom stereocenters. The molecule has 20 heavy (non-hydrogen) atoms. The van der Waals surface area contributed by atoms with E-state index in [9.17, 15) is 9.59 Å². The molecule has 0 spiro atoms. The Kier molecular flexibility index (Phi) is 5.26. The summed E-state index contributed by atoms with van der Waals surface area (Å²) in [5, 5.41) is 3.18. The van der Waals surface area contributed by atoms with E-state index in [0.29, 0.717) is 27.3 Å². The predicted molar refractivity (Wildman–Crippen MR) is 80.7 cm³/mol. The molecule has 1 saturated heterocycles. The molecule has 1 aliphatic rings. The molecule has 1 aromatic rings. The van der Waals surface area contributed by atoms with Crippen molar-refractivity contribution in [2.45, 2.75) is 0 Å². The van der Waals surface area contributed by atoms with E-state index >= 15 is 0 Å². The van der Waals surface area contributed by atoms with Gasteiger partial charge in [-0.25, -0.2) is 0 Å². The minimum Gasteiger partial charge on any atom is -0.339 e. The molecule has 2 amide bonds. The molecule has 1 fully saturated rings. The second-order valence-corrected chi connectivity index (χ2v) is 6.82. The first-order valence-electron chi connectivity index (χ1n) is 6.18. The number of carbonyl (C=O) groups excluding carboxylic acids is 2. The van der Waals surface area contributed by atoms with E-state index < -0.39 is 0 Å². The fraction of sp³-hybridized carbons (Fsp3) is 0.500. The van der Waals surface area contributed by atoms with Crippen molar-refractivity contribution in [2.24, 2.45) is 0 Å². The van der Waals surface area contributed by atoms with Crippen molar-refractivity contribution in [3.63, 3.8) is 0 Å². The van der Waals surface area contributed by atoms with Crippen LogP contribution >= 0.6 is 34.5 Å². The average molecular weight is 336 g/mol. The maximum absolute atomic E-state index is 12.2. The zero-order valence-corrected chi connectivity index (χ0v) is 13.3. The number of likely N-dealkylation sites (N-methyl/N-ethyl adjacent to an activating group) is 1. The second kappa shape index (κ2) is 6.76. The molecule has 0 unspecified atom stereocenters. The summed E-state index contributed by atoms with van der Waals surface area (Å²) < 4.78 is 0.807. The third-order valence-corrected chi connectivity index (χ3v) is 4.56. The maximum Gasteiger partial charge on any atom is 0.256 e. The minimum absolute atomic E-state index is 0.0443. The number of hydrogen-bond acceptors (Lipinski definition) is 4. The minimum atomic E-state index is -0.290. The largest absolute Gasteiger partial charge is 0.339 e. The highest BCUT2D eigenvalue weighted by Gasteiger charge is 2.23. The molecule has 0 bridgehead atoms. The van der Waals surface area contributed by atoms with E-state index in [4.69, 9.17) is 23.2 Å². The lowest BCUT2D eigenvalue weighted by Crippen LogP contribution is -2.49. The number of thiophene rings is 1. The van der Waals surface area contributed by atoms with Gasteiger partial charge in [0.25, 0.3) is 5.91 Å². The highest BCUT2D eigenvalue weighted by atomic mass is 35.5. The number of piperazine rings is 1. The van der Waals surface area contributed by atoms with Crippen LogP contribution in [0, 0.1) is 0 Å². The van der Waals surface area contributed by atoms with Gasteiger partial charge in [-0.3, -0.25) is 9.59 Å². The molecule has 5 nitrogen and oxygen atoms in total. The van der Waals surface area contributed by atoms with Gasteiger partial charge in [-0.05, 0) is 6.07 Å². The van der Waals surface area contributed by atoms with E-state index in [1.807, 2.05) is 0 Å². The van der Waals surface area contributed by atoms with Gasteiger partial charge in [-0.1, -0.05) is 23.2 Å². The Hall–Kier alpha value is -0.820. The molecule has 1 N–H and O–H groups in total. The average Bonchev–Trinajstić information content (AvgIpc) is 2.77. The summed E-state index contributed by atoms with van der Waals surface area (Å²) >= 11 is 12.9. The number of halogens is 2. The normalized spacial score (nSPS) is 15.2. The molecule has 110 valence electrons. The number of nitrogens with zero attached hydrogens (tertiary/aromatic N) is 2. The molecule has 8 heteroatoms. The number of rotatable bonds is 3. The van der Waals surface area contributed by atoms with Crippen LogP contribution in [0.25, 0.3) is 0 Å². The number of nitrogens with one attached hydrogen (secondary N) is 1. The summed E-state index contributed by atoms with van der Waals surface area (Å²) in [6.45, 7) is 2.96. The van der Waals surface area contributed by atoms with Gasteiger partial charge in [0.15, 0.2) is 0 Å².